The number of halogens is 3. The number of aliphatic hydroxyl groups is 1. The van der Waals surface area contributed by atoms with Gasteiger partial charge in [0.05, 0.1) is 13.7 Å². The number of hydrogen-bond donors (Lipinski definition) is 2. The van der Waals surface area contributed by atoms with Crippen LogP contribution in [0.15, 0.2) is 37.9 Å². The van der Waals surface area contributed by atoms with Crippen molar-refractivity contribution in [2.75, 3.05) is 6.54 Å². The van der Waals surface area contributed by atoms with Gasteiger partial charge in [0.25, 0.3) is 0 Å². The van der Waals surface area contributed by atoms with E-state index in [1.54, 1.807) is 0 Å². The fourth-order valence-corrected chi connectivity index (χ4v) is 5.16. The lowest BCUT2D eigenvalue weighted by molar-refractivity contribution is 0.147. The number of nitrogens with two attached hydrogens (primary N) is 1. The van der Waals surface area contributed by atoms with Crippen molar-refractivity contribution < 1.29 is 5.11 Å². The average Bonchev–Trinajstić information content (AvgIpc) is 2.71. The fraction of sp³-hybridized carbons (Fsp3) is 0.231. The third kappa shape index (κ3) is 3.40. The van der Waals surface area contributed by atoms with Gasteiger partial charge in [-0.2, -0.15) is 0 Å². The van der Waals surface area contributed by atoms with Crippen LogP contribution in [-0.2, 0) is 0 Å². The lowest BCUT2D eigenvalue weighted by Gasteiger charge is -2.22. The van der Waals surface area contributed by atoms with Gasteiger partial charge in [0.2, 0.25) is 0 Å². The lowest BCUT2D eigenvalue weighted by atomic mass is 9.90. The summed E-state index contributed by atoms with van der Waals surface area (Å²) in [6.45, 7) is 0.324. The zero-order chi connectivity index (χ0) is 14.0. The molecule has 1 aromatic carbocycles. The Morgan fingerprint density at radius 2 is 1.95 bits per heavy atom. The van der Waals surface area contributed by atoms with E-state index in [4.69, 9.17) is 17.3 Å². The van der Waals surface area contributed by atoms with Crippen molar-refractivity contribution in [1.29, 1.82) is 0 Å². The van der Waals surface area contributed by atoms with Crippen LogP contribution in [0.5, 0.6) is 0 Å². The first-order chi connectivity index (χ1) is 9.04. The summed E-state index contributed by atoms with van der Waals surface area (Å²) in [5.74, 6) is -0.230. The first-order valence-corrected chi connectivity index (χ1v) is 8.40. The second kappa shape index (κ2) is 6.70. The molecular formula is C13H12Br2ClNOS. The molecule has 0 saturated heterocycles. The lowest BCUT2D eigenvalue weighted by Crippen LogP contribution is -2.20. The van der Waals surface area contributed by atoms with Gasteiger partial charge >= 0.3 is 0 Å². The molecule has 3 N–H and O–H groups in total. The fourth-order valence-electron chi connectivity index (χ4n) is 1.97. The summed E-state index contributed by atoms with van der Waals surface area (Å²) in [7, 11) is 0. The largest absolute Gasteiger partial charge is 0.388 e. The summed E-state index contributed by atoms with van der Waals surface area (Å²) in [4.78, 5) is 0. The summed E-state index contributed by atoms with van der Waals surface area (Å²) in [6, 6.07) is 9.38. The van der Waals surface area contributed by atoms with Crippen molar-refractivity contribution in [1.82, 2.24) is 0 Å². The molecule has 19 heavy (non-hydrogen) atoms. The van der Waals surface area contributed by atoms with E-state index in [0.717, 1.165) is 18.7 Å². The molecular weight excluding hydrogens is 413 g/mol. The SMILES string of the molecule is NCC(c1ccccc1Cl)C(O)c1cc(Br)sc1Br. The van der Waals surface area contributed by atoms with E-state index in [-0.39, 0.29) is 5.92 Å². The molecule has 0 fully saturated rings. The maximum absolute atomic E-state index is 10.6. The Morgan fingerprint density at radius 3 is 2.47 bits per heavy atom. The number of benzene rings is 1. The van der Waals surface area contributed by atoms with Gasteiger partial charge in [-0.25, -0.2) is 0 Å². The smallest absolute Gasteiger partial charge is 0.0890 e. The first-order valence-electron chi connectivity index (χ1n) is 5.62. The van der Waals surface area contributed by atoms with Crippen molar-refractivity contribution in [3.63, 3.8) is 0 Å². The zero-order valence-corrected chi connectivity index (χ0v) is 14.6. The Bertz CT molecular complexity index is 576. The molecule has 1 aromatic heterocycles. The highest BCUT2D eigenvalue weighted by Gasteiger charge is 2.26. The highest BCUT2D eigenvalue weighted by atomic mass is 79.9. The molecule has 2 nitrogen and oxygen atoms in total. The summed E-state index contributed by atoms with van der Waals surface area (Å²) < 4.78 is 1.86. The summed E-state index contributed by atoms with van der Waals surface area (Å²) in [5, 5.41) is 11.2. The van der Waals surface area contributed by atoms with E-state index in [2.05, 4.69) is 31.9 Å². The van der Waals surface area contributed by atoms with E-state index in [9.17, 15) is 5.11 Å². The molecule has 1 heterocycles. The van der Waals surface area contributed by atoms with Crippen LogP contribution < -0.4 is 5.73 Å². The molecule has 0 bridgehead atoms. The highest BCUT2D eigenvalue weighted by molar-refractivity contribution is 9.12. The topological polar surface area (TPSA) is 46.2 Å². The predicted octanol–water partition coefficient (Wildman–Crippen LogP) is 4.70. The Balaban J connectivity index is 2.37. The van der Waals surface area contributed by atoms with Gasteiger partial charge in [0.15, 0.2) is 0 Å². The van der Waals surface area contributed by atoms with Gasteiger partial charge in [-0.1, -0.05) is 29.8 Å². The molecule has 0 saturated carbocycles. The molecule has 0 aliphatic rings. The highest BCUT2D eigenvalue weighted by Crippen LogP contribution is 2.41. The van der Waals surface area contributed by atoms with Crippen LogP contribution >= 0.6 is 54.8 Å². The van der Waals surface area contributed by atoms with Gasteiger partial charge in [0.1, 0.15) is 0 Å². The van der Waals surface area contributed by atoms with E-state index in [0.29, 0.717) is 11.6 Å². The van der Waals surface area contributed by atoms with Crippen LogP contribution in [0.2, 0.25) is 5.02 Å². The second-order valence-electron chi connectivity index (χ2n) is 4.09. The summed E-state index contributed by atoms with van der Waals surface area (Å²) >= 11 is 14.6. The van der Waals surface area contributed by atoms with E-state index in [1.165, 1.54) is 11.3 Å². The molecule has 102 valence electrons. The van der Waals surface area contributed by atoms with Crippen LogP contribution in [0.25, 0.3) is 0 Å². The van der Waals surface area contributed by atoms with Gasteiger partial charge in [0, 0.05) is 23.0 Å². The van der Waals surface area contributed by atoms with Crippen LogP contribution in [-0.4, -0.2) is 11.7 Å². The molecule has 2 rings (SSSR count). The molecule has 0 radical (unpaired) electrons. The quantitative estimate of drug-likeness (QED) is 0.746. The van der Waals surface area contributed by atoms with Crippen molar-refractivity contribution >= 4 is 54.8 Å². The van der Waals surface area contributed by atoms with E-state index >= 15 is 0 Å². The van der Waals surface area contributed by atoms with Crippen molar-refractivity contribution in [3.05, 3.63) is 54.1 Å². The Labute approximate surface area is 137 Å². The van der Waals surface area contributed by atoms with E-state index < -0.39 is 6.10 Å². The number of thiophene rings is 1. The maximum Gasteiger partial charge on any atom is 0.0890 e. The van der Waals surface area contributed by atoms with Gasteiger partial charge in [-0.3, -0.25) is 0 Å². The molecule has 6 heteroatoms. The number of aliphatic hydroxyl groups excluding tert-OH is 1. The molecule has 0 amide bonds. The van der Waals surface area contributed by atoms with Gasteiger partial charge in [-0.05, 0) is 49.6 Å². The Hall–Kier alpha value is 0.0900. The summed E-state index contributed by atoms with van der Waals surface area (Å²) in [5.41, 5.74) is 7.52. The normalized spacial score (nSPS) is 14.4. The molecule has 2 unspecified atom stereocenters. The molecule has 0 spiro atoms. The Kier molecular flexibility index (Phi) is 5.45. The average molecular weight is 426 g/mol. The summed E-state index contributed by atoms with van der Waals surface area (Å²) in [6.07, 6.45) is -0.693. The first kappa shape index (κ1) is 15.5. The maximum atomic E-state index is 10.6. The van der Waals surface area contributed by atoms with E-state index in [1.807, 2.05) is 30.3 Å². The standard InChI is InChI=1S/C13H12Br2ClNOS/c14-11-5-8(13(15)19-11)12(18)9(6-17)7-3-1-2-4-10(7)16/h1-5,9,12,18H,6,17H2. The number of rotatable bonds is 4. The predicted molar refractivity (Wildman–Crippen MR) is 87.9 cm³/mol. The molecule has 0 aliphatic carbocycles. The van der Waals surface area contributed by atoms with Crippen LogP contribution in [0, 0.1) is 0 Å². The van der Waals surface area contributed by atoms with Crippen LogP contribution in [0.3, 0.4) is 0 Å². The van der Waals surface area contributed by atoms with Crippen molar-refractivity contribution in [2.24, 2.45) is 5.73 Å². The van der Waals surface area contributed by atoms with Crippen molar-refractivity contribution in [3.8, 4) is 0 Å². The van der Waals surface area contributed by atoms with Crippen molar-refractivity contribution in [2.45, 2.75) is 12.0 Å². The minimum Gasteiger partial charge on any atom is -0.388 e. The molecule has 0 aliphatic heterocycles. The monoisotopic (exact) mass is 423 g/mol. The molecule has 2 atom stereocenters. The minimum absolute atomic E-state index is 0.230. The van der Waals surface area contributed by atoms with Gasteiger partial charge < -0.3 is 10.8 Å². The second-order valence-corrected chi connectivity index (χ2v) is 8.24. The number of hydrogen-bond acceptors (Lipinski definition) is 3. The van der Waals surface area contributed by atoms with Crippen LogP contribution in [0.4, 0.5) is 0 Å². The van der Waals surface area contributed by atoms with Crippen LogP contribution in [0.1, 0.15) is 23.1 Å². The Morgan fingerprint density at radius 1 is 1.26 bits per heavy atom. The molecule has 2 aromatic rings. The minimum atomic E-state index is -0.693. The van der Waals surface area contributed by atoms with Gasteiger partial charge in [-0.15, -0.1) is 11.3 Å². The zero-order valence-electron chi connectivity index (χ0n) is 9.82. The third-order valence-corrected chi connectivity index (χ3v) is 5.67. The third-order valence-electron chi connectivity index (χ3n) is 2.94.